The van der Waals surface area contributed by atoms with E-state index in [-0.39, 0.29) is 23.0 Å². The number of benzene rings is 7. The van der Waals surface area contributed by atoms with Crippen molar-refractivity contribution < 1.29 is 20.4 Å². The quantitative estimate of drug-likeness (QED) is 0.113. The molecule has 7 aromatic carbocycles. The van der Waals surface area contributed by atoms with E-state index < -0.39 is 17.8 Å². The van der Waals surface area contributed by atoms with E-state index in [1.54, 1.807) is 12.1 Å². The first-order valence-electron chi connectivity index (χ1n) is 18.0. The van der Waals surface area contributed by atoms with Gasteiger partial charge in [-0.15, -0.1) is 0 Å². The molecule has 53 heavy (non-hydrogen) atoms. The van der Waals surface area contributed by atoms with E-state index in [0.717, 1.165) is 38.9 Å². The Morgan fingerprint density at radius 1 is 0.302 bits per heavy atom. The van der Waals surface area contributed by atoms with Gasteiger partial charge in [0.25, 0.3) is 0 Å². The summed E-state index contributed by atoms with van der Waals surface area (Å²) in [6.07, 6.45) is 0. The van der Waals surface area contributed by atoms with Gasteiger partial charge in [0.2, 0.25) is 0 Å². The number of hydrogen-bond donors (Lipinski definition) is 4. The van der Waals surface area contributed by atoms with Crippen molar-refractivity contribution in [2.75, 3.05) is 0 Å². The van der Waals surface area contributed by atoms with Gasteiger partial charge in [-0.1, -0.05) is 162 Å². The molecule has 0 aliphatic heterocycles. The Morgan fingerprint density at radius 2 is 0.566 bits per heavy atom. The van der Waals surface area contributed by atoms with Crippen molar-refractivity contribution in [3.63, 3.8) is 0 Å². The largest absolute Gasteiger partial charge is 0.508 e. The molecular formula is C49H44O4. The molecule has 2 atom stereocenters. The summed E-state index contributed by atoms with van der Waals surface area (Å²) in [6.45, 7) is 8.02. The van der Waals surface area contributed by atoms with Gasteiger partial charge in [0.1, 0.15) is 23.0 Å². The van der Waals surface area contributed by atoms with E-state index in [2.05, 4.69) is 0 Å². The number of aromatic hydroxyl groups is 4. The van der Waals surface area contributed by atoms with Crippen molar-refractivity contribution >= 4 is 0 Å². The van der Waals surface area contributed by atoms with Crippen LogP contribution in [0.5, 0.6) is 23.0 Å². The first-order chi connectivity index (χ1) is 25.6. The number of phenolic OH excluding ortho intramolecular Hbond substituents is 4. The maximum Gasteiger partial charge on any atom is 0.123 e. The fourth-order valence-corrected chi connectivity index (χ4v) is 7.88. The summed E-state index contributed by atoms with van der Waals surface area (Å²) >= 11 is 0. The Balaban J connectivity index is 1.50. The first-order valence-corrected chi connectivity index (χ1v) is 18.0. The van der Waals surface area contributed by atoms with E-state index >= 15 is 0 Å². The van der Waals surface area contributed by atoms with Gasteiger partial charge >= 0.3 is 0 Å². The number of rotatable bonds is 9. The second-order valence-corrected chi connectivity index (χ2v) is 14.2. The molecular weight excluding hydrogens is 653 g/mol. The lowest BCUT2D eigenvalue weighted by Crippen LogP contribution is -2.12. The summed E-state index contributed by atoms with van der Waals surface area (Å²) in [4.78, 5) is 0. The van der Waals surface area contributed by atoms with Crippen LogP contribution in [0.2, 0.25) is 0 Å². The molecule has 0 radical (unpaired) electrons. The summed E-state index contributed by atoms with van der Waals surface area (Å²) in [5, 5.41) is 47.8. The number of hydrogen-bond acceptors (Lipinski definition) is 4. The molecule has 0 bridgehead atoms. The van der Waals surface area contributed by atoms with Crippen LogP contribution >= 0.6 is 0 Å². The minimum atomic E-state index is -0.571. The molecule has 7 aromatic rings. The van der Waals surface area contributed by atoms with Gasteiger partial charge in [0.05, 0.1) is 0 Å². The predicted molar refractivity (Wildman–Crippen MR) is 214 cm³/mol. The fourth-order valence-electron chi connectivity index (χ4n) is 7.88. The Morgan fingerprint density at radius 3 is 0.868 bits per heavy atom. The van der Waals surface area contributed by atoms with Gasteiger partial charge < -0.3 is 20.4 Å². The lowest BCUT2D eigenvalue weighted by atomic mass is 9.76. The average molecular weight is 697 g/mol. The summed E-state index contributed by atoms with van der Waals surface area (Å²) in [5.41, 5.74) is 10.6. The summed E-state index contributed by atoms with van der Waals surface area (Å²) < 4.78 is 0. The zero-order chi connectivity index (χ0) is 37.2. The molecule has 4 nitrogen and oxygen atoms in total. The van der Waals surface area contributed by atoms with Crippen LogP contribution in [0.1, 0.15) is 90.1 Å². The van der Waals surface area contributed by atoms with Crippen molar-refractivity contribution in [2.24, 2.45) is 0 Å². The lowest BCUT2D eigenvalue weighted by Gasteiger charge is -2.28. The monoisotopic (exact) mass is 696 g/mol. The molecule has 264 valence electrons. The summed E-state index contributed by atoms with van der Waals surface area (Å²) in [6, 6.07) is 48.9. The zero-order valence-electron chi connectivity index (χ0n) is 30.5. The highest BCUT2D eigenvalue weighted by Crippen LogP contribution is 2.50. The van der Waals surface area contributed by atoms with Crippen LogP contribution in [0.4, 0.5) is 0 Å². The minimum Gasteiger partial charge on any atom is -0.508 e. The van der Waals surface area contributed by atoms with Crippen LogP contribution < -0.4 is 0 Å². The van der Waals surface area contributed by atoms with E-state index in [1.807, 2.05) is 167 Å². The third-order valence-corrected chi connectivity index (χ3v) is 10.3. The van der Waals surface area contributed by atoms with Crippen molar-refractivity contribution in [3.05, 3.63) is 224 Å². The maximum absolute atomic E-state index is 12.6. The number of phenols is 4. The molecule has 0 heterocycles. The second kappa shape index (κ2) is 14.8. The topological polar surface area (TPSA) is 80.9 Å². The fraction of sp³-hybridized carbons (Fsp3) is 0.143. The van der Waals surface area contributed by atoms with Crippen LogP contribution in [-0.4, -0.2) is 20.4 Å². The van der Waals surface area contributed by atoms with Gasteiger partial charge in [-0.05, 0) is 56.5 Å². The highest BCUT2D eigenvalue weighted by molar-refractivity contribution is 5.64. The third-order valence-electron chi connectivity index (χ3n) is 10.3. The summed E-state index contributed by atoms with van der Waals surface area (Å²) in [7, 11) is 0. The molecule has 2 unspecified atom stereocenters. The molecule has 0 fully saturated rings. The van der Waals surface area contributed by atoms with Crippen LogP contribution in [0.25, 0.3) is 0 Å². The second-order valence-electron chi connectivity index (χ2n) is 14.2. The van der Waals surface area contributed by atoms with Gasteiger partial charge in [-0.25, -0.2) is 0 Å². The Kier molecular flexibility index (Phi) is 9.80. The molecule has 0 amide bonds. The maximum atomic E-state index is 12.6. The first kappa shape index (κ1) is 35.2. The lowest BCUT2D eigenvalue weighted by molar-refractivity contribution is 0.447. The molecule has 0 saturated heterocycles. The Labute approximate surface area is 312 Å². The molecule has 4 N–H and O–H groups in total. The highest BCUT2D eigenvalue weighted by atomic mass is 16.3. The predicted octanol–water partition coefficient (Wildman–Crippen LogP) is 11.3. The Hall–Kier alpha value is -6.26. The van der Waals surface area contributed by atoms with Gasteiger partial charge in [0.15, 0.2) is 0 Å². The van der Waals surface area contributed by atoms with Crippen molar-refractivity contribution in [1.29, 1.82) is 0 Å². The molecule has 0 aromatic heterocycles. The highest BCUT2D eigenvalue weighted by Gasteiger charge is 2.32. The van der Waals surface area contributed by atoms with Crippen molar-refractivity contribution in [3.8, 4) is 23.0 Å². The summed E-state index contributed by atoms with van der Waals surface area (Å²) in [5.74, 6) is -1.02. The third kappa shape index (κ3) is 7.01. The van der Waals surface area contributed by atoms with Crippen LogP contribution in [0.3, 0.4) is 0 Å². The van der Waals surface area contributed by atoms with Crippen molar-refractivity contribution in [2.45, 2.75) is 45.4 Å². The van der Waals surface area contributed by atoms with Crippen LogP contribution in [0, 0.1) is 27.7 Å². The van der Waals surface area contributed by atoms with E-state index in [0.29, 0.717) is 33.4 Å². The van der Waals surface area contributed by atoms with Crippen LogP contribution in [0.15, 0.2) is 152 Å². The minimum absolute atomic E-state index is 0.0950. The van der Waals surface area contributed by atoms with Gasteiger partial charge in [0, 0.05) is 51.1 Å². The molecule has 0 spiro atoms. The molecule has 7 rings (SSSR count). The molecule has 4 heteroatoms. The standard InChI is InChI=1S/C49H44O4/c1-30-20-22-43(50)37(24-30)45(34-14-8-5-9-15-34)39-26-32(3)28-41(48(39)52)47(36-18-12-7-13-19-36)42-29-33(4)27-40(49(42)53)46(35-16-10-6-11-17-35)38-25-31(2)21-23-44(38)51/h5-29,45-47,50-53H,1-4H3. The molecule has 0 aliphatic rings. The normalized spacial score (nSPS) is 13.0. The Bertz CT molecular complexity index is 2230. The number of aryl methyl sites for hydroxylation is 4. The van der Waals surface area contributed by atoms with Crippen LogP contribution in [-0.2, 0) is 0 Å². The molecule has 0 aliphatic carbocycles. The smallest absolute Gasteiger partial charge is 0.123 e. The molecule has 0 saturated carbocycles. The van der Waals surface area contributed by atoms with E-state index in [1.165, 1.54) is 0 Å². The zero-order valence-corrected chi connectivity index (χ0v) is 30.5. The van der Waals surface area contributed by atoms with Gasteiger partial charge in [-0.2, -0.15) is 0 Å². The van der Waals surface area contributed by atoms with Crippen molar-refractivity contribution in [1.82, 2.24) is 0 Å². The van der Waals surface area contributed by atoms with E-state index in [4.69, 9.17) is 0 Å². The van der Waals surface area contributed by atoms with E-state index in [9.17, 15) is 20.4 Å². The van der Waals surface area contributed by atoms with Gasteiger partial charge in [-0.3, -0.25) is 0 Å². The average Bonchev–Trinajstić information content (AvgIpc) is 3.16. The SMILES string of the molecule is Cc1ccc(O)c(C(c2ccccc2)c2cc(C)cc(C(c3ccccc3)c3cc(C)cc(C(c4ccccc4)c4cc(C)ccc4O)c3O)c2O)c1.